The summed E-state index contributed by atoms with van der Waals surface area (Å²) in [6.45, 7) is 10.7. The van der Waals surface area contributed by atoms with Gasteiger partial charge in [-0.3, -0.25) is 4.68 Å². The lowest BCUT2D eigenvalue weighted by atomic mass is 9.99. The molecule has 32 heavy (non-hydrogen) atoms. The van der Waals surface area contributed by atoms with E-state index in [-0.39, 0.29) is 12.5 Å². The van der Waals surface area contributed by atoms with Crippen LogP contribution in [0, 0.1) is 5.92 Å². The van der Waals surface area contributed by atoms with Crippen molar-refractivity contribution in [2.75, 3.05) is 17.3 Å². The molecule has 0 saturated carbocycles. The summed E-state index contributed by atoms with van der Waals surface area (Å²) in [4.78, 5) is 9.26. The molecule has 0 bridgehead atoms. The summed E-state index contributed by atoms with van der Waals surface area (Å²) < 4.78 is 1.70. The van der Waals surface area contributed by atoms with Crippen LogP contribution in [-0.4, -0.2) is 32.0 Å². The average Bonchev–Trinajstić information content (AvgIpc) is 3.16. The average molecular weight is 459 g/mol. The smallest absolute Gasteiger partial charge is 0.248 e. The van der Waals surface area contributed by atoms with Crippen molar-refractivity contribution in [2.24, 2.45) is 23.8 Å². The molecule has 1 unspecified atom stereocenters. The molecule has 2 rings (SSSR count). The Morgan fingerprint density at radius 1 is 1.38 bits per heavy atom. The first kappa shape index (κ1) is 25.5. The van der Waals surface area contributed by atoms with E-state index in [1.807, 2.05) is 26.2 Å². The van der Waals surface area contributed by atoms with Crippen LogP contribution >= 0.6 is 11.6 Å². The Morgan fingerprint density at radius 3 is 2.69 bits per heavy atom. The summed E-state index contributed by atoms with van der Waals surface area (Å²) in [6, 6.07) is 0. The zero-order valence-electron chi connectivity index (χ0n) is 19.6. The molecule has 0 aliphatic heterocycles. The first-order chi connectivity index (χ1) is 15.3. The van der Waals surface area contributed by atoms with Crippen molar-refractivity contribution < 1.29 is 0 Å². The maximum absolute atomic E-state index is 6.36. The number of unbranched alkanes of at least 4 members (excludes halogenated alkanes) is 2. The summed E-state index contributed by atoms with van der Waals surface area (Å²) >= 11 is 6.14. The van der Waals surface area contributed by atoms with Gasteiger partial charge in [0.05, 0.1) is 24.0 Å². The van der Waals surface area contributed by atoms with Gasteiger partial charge in [0, 0.05) is 42.0 Å². The molecule has 2 aromatic heterocycles. The highest BCUT2D eigenvalue weighted by atomic mass is 35.5. The largest absolute Gasteiger partial charge is 0.383 e. The topological polar surface area (TPSA) is 111 Å². The van der Waals surface area contributed by atoms with E-state index in [1.165, 1.54) is 0 Å². The highest BCUT2D eigenvalue weighted by Crippen LogP contribution is 2.29. The number of hydrogen-bond acceptors (Lipinski definition) is 7. The van der Waals surface area contributed by atoms with Gasteiger partial charge in [0.1, 0.15) is 5.82 Å². The van der Waals surface area contributed by atoms with Gasteiger partial charge in [-0.05, 0) is 19.8 Å². The molecular weight excluding hydrogens is 424 g/mol. The highest BCUT2D eigenvalue weighted by molar-refractivity contribution is 6.29. The predicted octanol–water partition coefficient (Wildman–Crippen LogP) is 4.63. The van der Waals surface area contributed by atoms with Crippen molar-refractivity contribution in [3.8, 4) is 11.1 Å². The lowest BCUT2D eigenvalue weighted by molar-refractivity contribution is 0.722. The van der Waals surface area contributed by atoms with E-state index in [0.717, 1.165) is 42.0 Å². The molecule has 0 aliphatic carbocycles. The van der Waals surface area contributed by atoms with E-state index in [4.69, 9.17) is 33.2 Å². The monoisotopic (exact) mass is 458 g/mol. The van der Waals surface area contributed by atoms with Crippen LogP contribution in [0.25, 0.3) is 11.1 Å². The van der Waals surface area contributed by atoms with Gasteiger partial charge >= 0.3 is 0 Å². The van der Waals surface area contributed by atoms with E-state index < -0.39 is 0 Å². The fourth-order valence-corrected chi connectivity index (χ4v) is 3.64. The van der Waals surface area contributed by atoms with Crippen LogP contribution in [-0.2, 0) is 13.6 Å². The SMILES string of the molecule is C=CCN(/N=C(/CCCCC)C(C)/C=C(\C)Cl)c1nc(N)c(-c2cnn(C)c2)c(CN)n1. The molecule has 0 saturated heterocycles. The zero-order chi connectivity index (χ0) is 23.7. The molecular formula is C23H35ClN8. The molecule has 2 heterocycles. The number of hydrogen-bond donors (Lipinski definition) is 2. The number of allylic oxidation sites excluding steroid dienone is 2. The number of aryl methyl sites for hydroxylation is 1. The molecule has 174 valence electrons. The lowest BCUT2D eigenvalue weighted by Gasteiger charge is -2.21. The minimum Gasteiger partial charge on any atom is -0.383 e. The van der Waals surface area contributed by atoms with E-state index in [9.17, 15) is 0 Å². The molecule has 2 aromatic rings. The summed E-state index contributed by atoms with van der Waals surface area (Å²) in [5, 5.41) is 11.6. The second-order valence-electron chi connectivity index (χ2n) is 7.80. The summed E-state index contributed by atoms with van der Waals surface area (Å²) in [7, 11) is 1.84. The van der Waals surface area contributed by atoms with Crippen molar-refractivity contribution in [2.45, 2.75) is 53.0 Å². The van der Waals surface area contributed by atoms with Crippen molar-refractivity contribution in [3.63, 3.8) is 0 Å². The quantitative estimate of drug-likeness (QED) is 0.207. The Hall–Kier alpha value is -2.71. The van der Waals surface area contributed by atoms with Gasteiger partial charge in [-0.15, -0.1) is 6.58 Å². The van der Waals surface area contributed by atoms with Gasteiger partial charge in [0.15, 0.2) is 0 Å². The van der Waals surface area contributed by atoms with Gasteiger partial charge in [0.25, 0.3) is 0 Å². The number of hydrazone groups is 1. The Kier molecular flexibility index (Phi) is 9.87. The molecule has 0 spiro atoms. The van der Waals surface area contributed by atoms with Crippen molar-refractivity contribution >= 4 is 29.1 Å². The Bertz CT molecular complexity index is 959. The van der Waals surface area contributed by atoms with Crippen LogP contribution in [0.15, 0.2) is 41.3 Å². The predicted molar refractivity (Wildman–Crippen MR) is 134 cm³/mol. The second-order valence-corrected chi connectivity index (χ2v) is 8.39. The van der Waals surface area contributed by atoms with Crippen LogP contribution in [0.4, 0.5) is 11.8 Å². The Morgan fingerprint density at radius 2 is 2.12 bits per heavy atom. The van der Waals surface area contributed by atoms with Gasteiger partial charge in [-0.2, -0.15) is 15.2 Å². The van der Waals surface area contributed by atoms with Crippen molar-refractivity contribution in [3.05, 3.63) is 41.9 Å². The molecule has 8 nitrogen and oxygen atoms in total. The maximum atomic E-state index is 6.36. The minimum atomic E-state index is 0.0812. The molecule has 0 radical (unpaired) electrons. The molecule has 0 aromatic carbocycles. The fourth-order valence-electron chi connectivity index (χ4n) is 3.45. The minimum absolute atomic E-state index is 0.0812. The molecule has 0 aliphatic rings. The molecule has 1 atom stereocenters. The van der Waals surface area contributed by atoms with Crippen molar-refractivity contribution in [1.82, 2.24) is 19.7 Å². The molecule has 4 N–H and O–H groups in total. The maximum Gasteiger partial charge on any atom is 0.248 e. The lowest BCUT2D eigenvalue weighted by Crippen LogP contribution is -2.25. The van der Waals surface area contributed by atoms with E-state index in [0.29, 0.717) is 29.6 Å². The van der Waals surface area contributed by atoms with E-state index in [2.05, 4.69) is 30.5 Å². The third-order valence-electron chi connectivity index (χ3n) is 5.01. The molecule has 0 fully saturated rings. The van der Waals surface area contributed by atoms with Gasteiger partial charge in [0.2, 0.25) is 5.95 Å². The third-order valence-corrected chi connectivity index (χ3v) is 5.14. The van der Waals surface area contributed by atoms with Crippen LogP contribution in [0.5, 0.6) is 0 Å². The fraction of sp³-hybridized carbons (Fsp3) is 0.478. The Balaban J connectivity index is 2.51. The summed E-state index contributed by atoms with van der Waals surface area (Å²) in [5.41, 5.74) is 15.6. The second kappa shape index (κ2) is 12.4. The number of halogens is 1. The van der Waals surface area contributed by atoms with Gasteiger partial charge in [-0.1, -0.05) is 50.4 Å². The number of anilines is 2. The van der Waals surface area contributed by atoms with Crippen LogP contribution < -0.4 is 16.5 Å². The summed E-state index contributed by atoms with van der Waals surface area (Å²) in [6.07, 6.45) is 11.5. The summed E-state index contributed by atoms with van der Waals surface area (Å²) in [5.74, 6) is 0.810. The number of aromatic nitrogens is 4. The van der Waals surface area contributed by atoms with Crippen LogP contribution in [0.1, 0.15) is 52.1 Å². The number of rotatable bonds is 12. The normalized spacial score (nSPS) is 13.3. The first-order valence-electron chi connectivity index (χ1n) is 11.0. The van der Waals surface area contributed by atoms with E-state index >= 15 is 0 Å². The van der Waals surface area contributed by atoms with Crippen LogP contribution in [0.3, 0.4) is 0 Å². The van der Waals surface area contributed by atoms with Gasteiger partial charge in [-0.25, -0.2) is 9.99 Å². The molecule has 9 heteroatoms. The number of nitrogen functional groups attached to an aromatic ring is 1. The van der Waals surface area contributed by atoms with Crippen LogP contribution in [0.2, 0.25) is 0 Å². The first-order valence-corrected chi connectivity index (χ1v) is 11.3. The van der Waals surface area contributed by atoms with Crippen molar-refractivity contribution in [1.29, 1.82) is 0 Å². The number of nitrogens with two attached hydrogens (primary N) is 2. The molecule has 0 amide bonds. The third kappa shape index (κ3) is 6.90. The Labute approximate surface area is 196 Å². The number of nitrogens with zero attached hydrogens (tertiary/aromatic N) is 6. The standard InChI is InChI=1S/C23H35ClN8/c1-6-8-9-10-19(16(3)12-17(4)24)30-32(11-7-2)23-28-20(13-25)21(22(26)29-23)18-14-27-31(5)15-18/h7,12,14-16H,2,6,8-11,13,25H2,1,3-5H3,(H2,26,28,29)/b17-12+,30-19-. The zero-order valence-corrected chi connectivity index (χ0v) is 20.3. The van der Waals surface area contributed by atoms with E-state index in [1.54, 1.807) is 22.0 Å². The highest BCUT2D eigenvalue weighted by Gasteiger charge is 2.19. The van der Waals surface area contributed by atoms with Gasteiger partial charge < -0.3 is 11.5 Å².